The van der Waals surface area contributed by atoms with Gasteiger partial charge in [0.2, 0.25) is 5.91 Å². The molecule has 1 heterocycles. The van der Waals surface area contributed by atoms with E-state index in [1.165, 1.54) is 18.2 Å². The Morgan fingerprint density at radius 3 is 2.71 bits per heavy atom. The molecule has 2 aliphatic rings. The van der Waals surface area contributed by atoms with Gasteiger partial charge in [0.15, 0.2) is 0 Å². The summed E-state index contributed by atoms with van der Waals surface area (Å²) in [5.74, 6) is -0.294. The Balaban J connectivity index is 1.29. The van der Waals surface area contributed by atoms with Crippen LogP contribution in [0.1, 0.15) is 58.8 Å². The summed E-state index contributed by atoms with van der Waals surface area (Å²) in [6.45, 7) is 1.21. The van der Waals surface area contributed by atoms with Crippen LogP contribution in [0.2, 0.25) is 0 Å². The molecule has 6 heteroatoms. The second-order valence-corrected chi connectivity index (χ2v) is 8.30. The highest BCUT2D eigenvalue weighted by Gasteiger charge is 2.30. The van der Waals surface area contributed by atoms with Crippen molar-refractivity contribution in [2.24, 2.45) is 0 Å². The normalized spacial score (nSPS) is 22.9. The summed E-state index contributed by atoms with van der Waals surface area (Å²) in [5.41, 5.74) is 4.11. The first-order chi connectivity index (χ1) is 15.1. The Hall–Kier alpha value is -2.70. The number of ether oxygens (including phenoxy) is 2. The van der Waals surface area contributed by atoms with Gasteiger partial charge < -0.3 is 20.1 Å². The van der Waals surface area contributed by atoms with Crippen LogP contribution in [0.25, 0.3) is 0 Å². The van der Waals surface area contributed by atoms with Crippen molar-refractivity contribution in [3.63, 3.8) is 0 Å². The fourth-order valence-electron chi connectivity index (χ4n) is 4.48. The molecule has 2 N–H and O–H groups in total. The quantitative estimate of drug-likeness (QED) is 0.699. The summed E-state index contributed by atoms with van der Waals surface area (Å²) in [7, 11) is 1.37. The molecule has 0 aromatic heterocycles. The number of piperidine rings is 1. The summed E-state index contributed by atoms with van der Waals surface area (Å²) in [5, 5.41) is 6.60. The van der Waals surface area contributed by atoms with E-state index < -0.39 is 0 Å². The molecule has 0 radical (unpaired) electrons. The predicted molar refractivity (Wildman–Crippen MR) is 118 cm³/mol. The second-order valence-electron chi connectivity index (χ2n) is 8.30. The molecule has 1 fully saturated rings. The first kappa shape index (κ1) is 21.5. The summed E-state index contributed by atoms with van der Waals surface area (Å²) in [6.07, 6.45) is 4.71. The molecule has 2 aromatic carbocycles. The molecule has 3 atom stereocenters. The van der Waals surface area contributed by atoms with E-state index >= 15 is 0 Å². The molecule has 1 amide bonds. The van der Waals surface area contributed by atoms with E-state index in [0.717, 1.165) is 37.8 Å². The number of hydrogen-bond acceptors (Lipinski definition) is 5. The third kappa shape index (κ3) is 5.32. The summed E-state index contributed by atoms with van der Waals surface area (Å²) in [6, 6.07) is 15.5. The Morgan fingerprint density at radius 1 is 1.10 bits per heavy atom. The number of amides is 1. The van der Waals surface area contributed by atoms with Crippen LogP contribution in [0.3, 0.4) is 0 Å². The van der Waals surface area contributed by atoms with Gasteiger partial charge in [-0.15, -0.1) is 0 Å². The van der Waals surface area contributed by atoms with Gasteiger partial charge in [0.1, 0.15) is 0 Å². The summed E-state index contributed by atoms with van der Waals surface area (Å²) >= 11 is 0. The van der Waals surface area contributed by atoms with Crippen molar-refractivity contribution >= 4 is 11.9 Å². The number of fused-ring (bicyclic) bond motifs is 1. The van der Waals surface area contributed by atoms with Gasteiger partial charge in [-0.25, -0.2) is 4.79 Å². The van der Waals surface area contributed by atoms with Crippen molar-refractivity contribution in [2.45, 2.75) is 56.9 Å². The molecule has 31 heavy (non-hydrogen) atoms. The van der Waals surface area contributed by atoms with Gasteiger partial charge in [0.05, 0.1) is 37.5 Å². The van der Waals surface area contributed by atoms with E-state index in [0.29, 0.717) is 18.6 Å². The van der Waals surface area contributed by atoms with E-state index in [1.807, 2.05) is 18.2 Å². The van der Waals surface area contributed by atoms with Crippen LogP contribution in [0.5, 0.6) is 0 Å². The zero-order valence-electron chi connectivity index (χ0n) is 17.9. The van der Waals surface area contributed by atoms with Crippen LogP contribution in [0.4, 0.5) is 0 Å². The monoisotopic (exact) mass is 422 g/mol. The first-order valence-corrected chi connectivity index (χ1v) is 11.0. The SMILES string of the molecule is COC(=O)c1ccc(CO[C@@H]2CCN[C@H](C(=O)NC3CCCc4ccccc43)C2)cc1. The van der Waals surface area contributed by atoms with Crippen molar-refractivity contribution in [3.05, 3.63) is 70.8 Å². The van der Waals surface area contributed by atoms with Gasteiger partial charge in [-0.2, -0.15) is 0 Å². The van der Waals surface area contributed by atoms with Crippen LogP contribution < -0.4 is 10.6 Å². The maximum atomic E-state index is 13.0. The molecule has 0 bridgehead atoms. The Morgan fingerprint density at radius 2 is 1.90 bits per heavy atom. The van der Waals surface area contributed by atoms with Crippen molar-refractivity contribution in [1.82, 2.24) is 10.6 Å². The van der Waals surface area contributed by atoms with E-state index in [4.69, 9.17) is 9.47 Å². The highest BCUT2D eigenvalue weighted by Crippen LogP contribution is 2.29. The van der Waals surface area contributed by atoms with Crippen LogP contribution in [-0.4, -0.2) is 37.7 Å². The zero-order valence-corrected chi connectivity index (χ0v) is 17.9. The molecule has 2 aromatic rings. The number of esters is 1. The van der Waals surface area contributed by atoms with Crippen LogP contribution in [0.15, 0.2) is 48.5 Å². The minimum Gasteiger partial charge on any atom is -0.465 e. The number of aryl methyl sites for hydroxylation is 1. The molecule has 1 aliphatic heterocycles. The lowest BCUT2D eigenvalue weighted by Gasteiger charge is -2.32. The molecule has 1 saturated heterocycles. The molecule has 1 unspecified atom stereocenters. The summed E-state index contributed by atoms with van der Waals surface area (Å²) < 4.78 is 10.8. The van der Waals surface area contributed by atoms with Crippen molar-refractivity contribution in [1.29, 1.82) is 0 Å². The van der Waals surface area contributed by atoms with Gasteiger partial charge in [-0.1, -0.05) is 36.4 Å². The van der Waals surface area contributed by atoms with Gasteiger partial charge in [-0.3, -0.25) is 4.79 Å². The van der Waals surface area contributed by atoms with Gasteiger partial charge in [0, 0.05) is 0 Å². The van der Waals surface area contributed by atoms with E-state index in [2.05, 4.69) is 28.8 Å². The molecular formula is C25H30N2O4. The maximum Gasteiger partial charge on any atom is 0.337 e. The Bertz CT molecular complexity index is 912. The smallest absolute Gasteiger partial charge is 0.337 e. The van der Waals surface area contributed by atoms with Crippen LogP contribution >= 0.6 is 0 Å². The van der Waals surface area contributed by atoms with E-state index in [1.54, 1.807) is 12.1 Å². The number of methoxy groups -OCH3 is 1. The molecule has 164 valence electrons. The van der Waals surface area contributed by atoms with Gasteiger partial charge >= 0.3 is 5.97 Å². The molecule has 0 spiro atoms. The molecule has 0 saturated carbocycles. The molecule has 4 rings (SSSR count). The number of carbonyl (C=O) groups is 2. The van der Waals surface area contributed by atoms with E-state index in [9.17, 15) is 9.59 Å². The highest BCUT2D eigenvalue weighted by atomic mass is 16.5. The highest BCUT2D eigenvalue weighted by molar-refractivity contribution is 5.89. The van der Waals surface area contributed by atoms with E-state index in [-0.39, 0.29) is 30.1 Å². The first-order valence-electron chi connectivity index (χ1n) is 11.0. The van der Waals surface area contributed by atoms with Gasteiger partial charge in [0.25, 0.3) is 0 Å². The third-order valence-corrected chi connectivity index (χ3v) is 6.22. The minimum atomic E-state index is -0.347. The molecule has 1 aliphatic carbocycles. The molecule has 6 nitrogen and oxygen atoms in total. The average Bonchev–Trinajstić information content (AvgIpc) is 2.83. The van der Waals surface area contributed by atoms with Crippen molar-refractivity contribution in [2.75, 3.05) is 13.7 Å². The predicted octanol–water partition coefficient (Wildman–Crippen LogP) is 3.30. The maximum absolute atomic E-state index is 13.0. The average molecular weight is 423 g/mol. The lowest BCUT2D eigenvalue weighted by molar-refractivity contribution is -0.126. The Labute approximate surface area is 183 Å². The Kier molecular flexibility index (Phi) is 6.99. The zero-order chi connectivity index (χ0) is 21.6. The number of hydrogen-bond donors (Lipinski definition) is 2. The standard InChI is InChI=1S/C25H30N2O4/c1-30-25(29)19-11-9-17(10-12-19)16-31-20-13-14-26-23(15-20)24(28)27-22-8-4-6-18-5-2-3-7-21(18)22/h2-3,5,7,9-12,20,22-23,26H,4,6,8,13-16H2,1H3,(H,27,28)/t20-,22?,23+/m1/s1. The minimum absolute atomic E-state index is 0.0240. The second kappa shape index (κ2) is 10.1. The lowest BCUT2D eigenvalue weighted by Crippen LogP contribution is -2.51. The van der Waals surface area contributed by atoms with Crippen LogP contribution in [0, 0.1) is 0 Å². The lowest BCUT2D eigenvalue weighted by atomic mass is 9.87. The van der Waals surface area contributed by atoms with Crippen molar-refractivity contribution in [3.8, 4) is 0 Å². The fourth-order valence-corrected chi connectivity index (χ4v) is 4.48. The van der Waals surface area contributed by atoms with Gasteiger partial charge in [-0.05, 0) is 67.5 Å². The molecular weight excluding hydrogens is 392 g/mol. The largest absolute Gasteiger partial charge is 0.465 e. The number of rotatable bonds is 6. The van der Waals surface area contributed by atoms with Crippen LogP contribution in [-0.2, 0) is 27.3 Å². The number of benzene rings is 2. The topological polar surface area (TPSA) is 76.7 Å². The summed E-state index contributed by atoms with van der Waals surface area (Å²) in [4.78, 5) is 24.5. The third-order valence-electron chi connectivity index (χ3n) is 6.22. The number of nitrogens with one attached hydrogen (secondary N) is 2. The fraction of sp³-hybridized carbons (Fsp3) is 0.440. The van der Waals surface area contributed by atoms with Crippen molar-refractivity contribution < 1.29 is 19.1 Å². The number of carbonyl (C=O) groups excluding carboxylic acids is 2.